The van der Waals surface area contributed by atoms with Crippen LogP contribution < -0.4 is 5.32 Å². The van der Waals surface area contributed by atoms with Crippen LogP contribution in [0.5, 0.6) is 0 Å². The summed E-state index contributed by atoms with van der Waals surface area (Å²) < 4.78 is 1.73. The average Bonchev–Trinajstić information content (AvgIpc) is 3.16. The topological polar surface area (TPSA) is 59.8 Å². The van der Waals surface area contributed by atoms with Gasteiger partial charge in [-0.3, -0.25) is 4.79 Å². The van der Waals surface area contributed by atoms with Crippen molar-refractivity contribution in [2.45, 2.75) is 20.8 Å². The van der Waals surface area contributed by atoms with Crippen molar-refractivity contribution < 1.29 is 4.79 Å². The Morgan fingerprint density at radius 1 is 0.933 bits per heavy atom. The summed E-state index contributed by atoms with van der Waals surface area (Å²) in [5.74, 6) is 0.316. The quantitative estimate of drug-likeness (QED) is 0.459. The number of anilines is 1. The number of nitrogens with zero attached hydrogens (tertiary/aromatic N) is 3. The predicted octanol–water partition coefficient (Wildman–Crippen LogP) is 5.77. The molecule has 0 bridgehead atoms. The van der Waals surface area contributed by atoms with E-state index in [1.807, 2.05) is 75.4 Å². The number of rotatable bonds is 4. The third-order valence-corrected chi connectivity index (χ3v) is 5.11. The summed E-state index contributed by atoms with van der Waals surface area (Å²) in [6.07, 6.45) is 0. The minimum absolute atomic E-state index is 0.0918. The van der Waals surface area contributed by atoms with Gasteiger partial charge in [-0.2, -0.15) is 0 Å². The monoisotopic (exact) mass is 416 g/mol. The molecule has 6 heteroatoms. The molecule has 1 N–H and O–H groups in total. The van der Waals surface area contributed by atoms with Gasteiger partial charge in [0.05, 0.1) is 5.69 Å². The Morgan fingerprint density at radius 2 is 1.73 bits per heavy atom. The highest BCUT2D eigenvalue weighted by Crippen LogP contribution is 2.25. The Bertz CT molecular complexity index is 1250. The summed E-state index contributed by atoms with van der Waals surface area (Å²) in [4.78, 5) is 17.6. The number of hydrogen-bond acceptors (Lipinski definition) is 3. The van der Waals surface area contributed by atoms with Gasteiger partial charge in [-0.25, -0.2) is 9.67 Å². The molecule has 3 aromatic carbocycles. The SMILES string of the molecule is Cc1cccc(-c2nc(C(=O)Nc3cc(Cl)ccc3C)nn2-c2ccccc2C)c1. The van der Waals surface area contributed by atoms with Crippen LogP contribution in [0.4, 0.5) is 5.69 Å². The molecular weight excluding hydrogens is 396 g/mol. The zero-order valence-electron chi connectivity index (χ0n) is 17.0. The number of halogens is 1. The Kier molecular flexibility index (Phi) is 5.38. The zero-order valence-corrected chi connectivity index (χ0v) is 17.7. The van der Waals surface area contributed by atoms with Crippen LogP contribution in [0.3, 0.4) is 0 Å². The molecule has 0 spiro atoms. The van der Waals surface area contributed by atoms with Crippen LogP contribution >= 0.6 is 11.6 Å². The molecule has 5 nitrogen and oxygen atoms in total. The lowest BCUT2D eigenvalue weighted by atomic mass is 10.1. The number of aryl methyl sites for hydroxylation is 3. The standard InChI is InChI=1S/C24H21ClN4O/c1-15-7-6-9-18(13-15)23-27-22(28-29(23)21-10-5-4-8-17(21)3)24(30)26-20-14-19(25)12-11-16(20)2/h4-14H,1-3H3,(H,26,30). The van der Waals surface area contributed by atoms with E-state index in [9.17, 15) is 4.79 Å². The summed E-state index contributed by atoms with van der Waals surface area (Å²) in [6.45, 7) is 5.93. The summed E-state index contributed by atoms with van der Waals surface area (Å²) >= 11 is 6.08. The molecule has 4 rings (SSSR count). The van der Waals surface area contributed by atoms with Gasteiger partial charge in [0, 0.05) is 16.3 Å². The summed E-state index contributed by atoms with van der Waals surface area (Å²) in [5, 5.41) is 7.98. The van der Waals surface area contributed by atoms with E-state index in [0.717, 1.165) is 27.9 Å². The number of carbonyl (C=O) groups is 1. The number of para-hydroxylation sites is 1. The van der Waals surface area contributed by atoms with Crippen molar-refractivity contribution in [3.8, 4) is 17.1 Å². The highest BCUT2D eigenvalue weighted by atomic mass is 35.5. The molecule has 0 aliphatic heterocycles. The maximum absolute atomic E-state index is 13.0. The van der Waals surface area contributed by atoms with Crippen molar-refractivity contribution in [1.82, 2.24) is 14.8 Å². The van der Waals surface area contributed by atoms with Gasteiger partial charge in [-0.1, -0.05) is 59.6 Å². The number of nitrogens with one attached hydrogen (secondary N) is 1. The van der Waals surface area contributed by atoms with Gasteiger partial charge in [0.15, 0.2) is 5.82 Å². The average molecular weight is 417 g/mol. The van der Waals surface area contributed by atoms with Gasteiger partial charge in [-0.05, 0) is 56.2 Å². The summed E-state index contributed by atoms with van der Waals surface area (Å²) in [7, 11) is 0. The molecule has 0 aliphatic carbocycles. The van der Waals surface area contributed by atoms with Crippen LogP contribution in [0.15, 0.2) is 66.7 Å². The van der Waals surface area contributed by atoms with Crippen molar-refractivity contribution in [3.05, 3.63) is 94.3 Å². The van der Waals surface area contributed by atoms with Crippen molar-refractivity contribution in [2.75, 3.05) is 5.32 Å². The summed E-state index contributed by atoms with van der Waals surface area (Å²) in [6, 6.07) is 21.2. The summed E-state index contributed by atoms with van der Waals surface area (Å²) in [5.41, 5.74) is 5.45. The lowest BCUT2D eigenvalue weighted by molar-refractivity contribution is 0.101. The molecule has 0 aliphatic rings. The second kappa shape index (κ2) is 8.13. The van der Waals surface area contributed by atoms with E-state index in [2.05, 4.69) is 15.4 Å². The Balaban J connectivity index is 1.80. The van der Waals surface area contributed by atoms with E-state index in [4.69, 9.17) is 11.6 Å². The minimum atomic E-state index is -0.387. The van der Waals surface area contributed by atoms with E-state index in [1.54, 1.807) is 16.8 Å². The lowest BCUT2D eigenvalue weighted by Crippen LogP contribution is -2.15. The predicted molar refractivity (Wildman–Crippen MR) is 120 cm³/mol. The van der Waals surface area contributed by atoms with Crippen molar-refractivity contribution in [2.24, 2.45) is 0 Å². The van der Waals surface area contributed by atoms with E-state index in [0.29, 0.717) is 16.5 Å². The molecule has 1 amide bonds. The number of carbonyl (C=O) groups excluding carboxylic acids is 1. The first-order chi connectivity index (χ1) is 14.4. The zero-order chi connectivity index (χ0) is 21.3. The van der Waals surface area contributed by atoms with Crippen LogP contribution in [0.25, 0.3) is 17.1 Å². The van der Waals surface area contributed by atoms with Crippen LogP contribution in [0.1, 0.15) is 27.3 Å². The van der Waals surface area contributed by atoms with Gasteiger partial charge in [0.1, 0.15) is 0 Å². The van der Waals surface area contributed by atoms with Gasteiger partial charge in [0.2, 0.25) is 5.82 Å². The van der Waals surface area contributed by atoms with Crippen molar-refractivity contribution in [3.63, 3.8) is 0 Å². The van der Waals surface area contributed by atoms with Gasteiger partial charge >= 0.3 is 0 Å². The molecule has 0 unspecified atom stereocenters. The molecule has 150 valence electrons. The molecule has 30 heavy (non-hydrogen) atoms. The number of amides is 1. The van der Waals surface area contributed by atoms with Gasteiger partial charge in [-0.15, -0.1) is 5.10 Å². The minimum Gasteiger partial charge on any atom is -0.319 e. The Labute approximate surface area is 180 Å². The fraction of sp³-hybridized carbons (Fsp3) is 0.125. The van der Waals surface area contributed by atoms with Crippen molar-refractivity contribution >= 4 is 23.2 Å². The first-order valence-electron chi connectivity index (χ1n) is 9.60. The molecule has 4 aromatic rings. The number of benzene rings is 3. The van der Waals surface area contributed by atoms with Crippen LogP contribution in [0.2, 0.25) is 5.02 Å². The normalized spacial score (nSPS) is 10.8. The number of aromatic nitrogens is 3. The fourth-order valence-electron chi connectivity index (χ4n) is 3.26. The molecule has 1 aromatic heterocycles. The fourth-order valence-corrected chi connectivity index (χ4v) is 3.43. The maximum atomic E-state index is 13.0. The van der Waals surface area contributed by atoms with Crippen LogP contribution in [-0.2, 0) is 0 Å². The molecule has 0 radical (unpaired) electrons. The second-order valence-corrected chi connectivity index (χ2v) is 7.68. The van der Waals surface area contributed by atoms with Gasteiger partial charge in [0.25, 0.3) is 5.91 Å². The molecule has 0 atom stereocenters. The largest absolute Gasteiger partial charge is 0.319 e. The van der Waals surface area contributed by atoms with E-state index < -0.39 is 0 Å². The lowest BCUT2D eigenvalue weighted by Gasteiger charge is -2.09. The highest BCUT2D eigenvalue weighted by Gasteiger charge is 2.20. The molecular formula is C24H21ClN4O. The third kappa shape index (κ3) is 3.98. The van der Waals surface area contributed by atoms with E-state index >= 15 is 0 Å². The maximum Gasteiger partial charge on any atom is 0.295 e. The van der Waals surface area contributed by atoms with Gasteiger partial charge < -0.3 is 5.32 Å². The highest BCUT2D eigenvalue weighted by molar-refractivity contribution is 6.31. The van der Waals surface area contributed by atoms with Crippen LogP contribution in [-0.4, -0.2) is 20.7 Å². The van der Waals surface area contributed by atoms with E-state index in [-0.39, 0.29) is 11.7 Å². The Hall–Kier alpha value is -3.44. The van der Waals surface area contributed by atoms with E-state index in [1.165, 1.54) is 0 Å². The smallest absolute Gasteiger partial charge is 0.295 e. The first-order valence-corrected chi connectivity index (χ1v) is 9.98. The Morgan fingerprint density at radius 3 is 2.50 bits per heavy atom. The molecule has 1 heterocycles. The van der Waals surface area contributed by atoms with Crippen molar-refractivity contribution in [1.29, 1.82) is 0 Å². The first kappa shape index (κ1) is 19.9. The van der Waals surface area contributed by atoms with Crippen LogP contribution in [0, 0.1) is 20.8 Å². The second-order valence-electron chi connectivity index (χ2n) is 7.24. The third-order valence-electron chi connectivity index (χ3n) is 4.88. The molecule has 0 saturated carbocycles. The number of hydrogen-bond donors (Lipinski definition) is 1. The molecule has 0 fully saturated rings. The molecule has 0 saturated heterocycles.